The molecule has 0 amide bonds. The van der Waals surface area contributed by atoms with Crippen LogP contribution in [0.25, 0.3) is 6.08 Å². The van der Waals surface area contributed by atoms with Crippen molar-refractivity contribution in [1.29, 1.82) is 0 Å². The Hall–Kier alpha value is -1.12. The van der Waals surface area contributed by atoms with Gasteiger partial charge in [-0.05, 0) is 37.1 Å². The topological polar surface area (TPSA) is 46.2 Å². The van der Waals surface area contributed by atoms with Gasteiger partial charge in [0.05, 0.1) is 6.10 Å². The lowest BCUT2D eigenvalue weighted by Gasteiger charge is -2.09. The Morgan fingerprint density at radius 1 is 1.50 bits per heavy atom. The van der Waals surface area contributed by atoms with Crippen LogP contribution in [0.5, 0.6) is 0 Å². The van der Waals surface area contributed by atoms with E-state index in [4.69, 9.17) is 5.73 Å². The zero-order valence-electron chi connectivity index (χ0n) is 8.48. The first kappa shape index (κ1) is 11.0. The highest BCUT2D eigenvalue weighted by molar-refractivity contribution is 5.50. The molecule has 0 heterocycles. The Morgan fingerprint density at radius 2 is 2.29 bits per heavy atom. The molecule has 0 aliphatic heterocycles. The first-order chi connectivity index (χ1) is 6.77. The van der Waals surface area contributed by atoms with E-state index in [1.165, 1.54) is 0 Å². The quantitative estimate of drug-likeness (QED) is 0.765. The van der Waals surface area contributed by atoms with E-state index in [0.717, 1.165) is 11.1 Å². The number of rotatable bonds is 4. The van der Waals surface area contributed by atoms with E-state index < -0.39 is 6.10 Å². The highest BCUT2D eigenvalue weighted by Crippen LogP contribution is 2.17. The zero-order chi connectivity index (χ0) is 10.4. The van der Waals surface area contributed by atoms with Crippen LogP contribution in [0.2, 0.25) is 0 Å². The molecule has 1 rings (SSSR count). The van der Waals surface area contributed by atoms with Crippen molar-refractivity contribution < 1.29 is 5.11 Å². The molecular weight excluding hydrogens is 174 g/mol. The van der Waals surface area contributed by atoms with E-state index in [-0.39, 0.29) is 0 Å². The van der Waals surface area contributed by atoms with E-state index in [1.807, 2.05) is 43.3 Å². The van der Waals surface area contributed by atoms with Gasteiger partial charge in [-0.2, -0.15) is 0 Å². The van der Waals surface area contributed by atoms with Gasteiger partial charge >= 0.3 is 0 Å². The first-order valence-corrected chi connectivity index (χ1v) is 4.88. The average Bonchev–Trinajstić information content (AvgIpc) is 2.19. The van der Waals surface area contributed by atoms with Crippen LogP contribution in [-0.2, 0) is 0 Å². The first-order valence-electron chi connectivity index (χ1n) is 4.88. The van der Waals surface area contributed by atoms with E-state index in [1.54, 1.807) is 0 Å². The minimum atomic E-state index is -0.440. The molecule has 14 heavy (non-hydrogen) atoms. The molecule has 0 aliphatic carbocycles. The van der Waals surface area contributed by atoms with E-state index in [9.17, 15) is 5.11 Å². The van der Waals surface area contributed by atoms with Crippen LogP contribution in [0.4, 0.5) is 0 Å². The smallest absolute Gasteiger partial charge is 0.0802 e. The molecule has 1 atom stereocenters. The molecule has 0 saturated carbocycles. The molecule has 0 fully saturated rings. The summed E-state index contributed by atoms with van der Waals surface area (Å²) in [4.78, 5) is 0. The predicted octanol–water partition coefficient (Wildman–Crippen LogP) is 2.10. The molecule has 0 spiro atoms. The van der Waals surface area contributed by atoms with Crippen molar-refractivity contribution in [2.45, 2.75) is 19.4 Å². The van der Waals surface area contributed by atoms with Crippen molar-refractivity contribution in [3.8, 4) is 0 Å². The monoisotopic (exact) mass is 191 g/mol. The summed E-state index contributed by atoms with van der Waals surface area (Å²) in [5.74, 6) is 0. The molecule has 0 radical (unpaired) electrons. The number of hydrogen-bond acceptors (Lipinski definition) is 2. The van der Waals surface area contributed by atoms with Crippen LogP contribution < -0.4 is 5.73 Å². The van der Waals surface area contributed by atoms with Gasteiger partial charge in [-0.1, -0.05) is 30.4 Å². The molecule has 1 aromatic carbocycles. The lowest BCUT2D eigenvalue weighted by Crippen LogP contribution is -2.06. The average molecular weight is 191 g/mol. The third-order valence-electron chi connectivity index (χ3n) is 2.09. The number of allylic oxidation sites excluding steroid dienone is 1. The third kappa shape index (κ3) is 2.98. The van der Waals surface area contributed by atoms with Crippen molar-refractivity contribution in [2.24, 2.45) is 5.73 Å². The number of benzene rings is 1. The van der Waals surface area contributed by atoms with E-state index in [2.05, 4.69) is 0 Å². The van der Waals surface area contributed by atoms with Crippen LogP contribution >= 0.6 is 0 Å². The van der Waals surface area contributed by atoms with Crippen LogP contribution in [-0.4, -0.2) is 11.7 Å². The number of aliphatic hydroxyl groups excluding tert-OH is 1. The minimum Gasteiger partial charge on any atom is -0.388 e. The van der Waals surface area contributed by atoms with Gasteiger partial charge in [0, 0.05) is 0 Å². The summed E-state index contributed by atoms with van der Waals surface area (Å²) in [6.07, 6.45) is 4.16. The molecular formula is C12H17NO. The summed E-state index contributed by atoms with van der Waals surface area (Å²) in [5.41, 5.74) is 7.44. The summed E-state index contributed by atoms with van der Waals surface area (Å²) in [5, 5.41) is 9.71. The van der Waals surface area contributed by atoms with Gasteiger partial charge in [0.2, 0.25) is 0 Å². The second-order valence-electron chi connectivity index (χ2n) is 3.26. The second kappa shape index (κ2) is 5.58. The van der Waals surface area contributed by atoms with Crippen LogP contribution in [0.15, 0.2) is 30.3 Å². The molecule has 3 N–H and O–H groups in total. The van der Waals surface area contributed by atoms with Gasteiger partial charge < -0.3 is 10.8 Å². The molecule has 1 unspecified atom stereocenters. The maximum absolute atomic E-state index is 9.71. The summed E-state index contributed by atoms with van der Waals surface area (Å²) < 4.78 is 0. The fourth-order valence-electron chi connectivity index (χ4n) is 1.39. The standard InChI is InChI=1S/C12H17NO/c1-2-4-10-5-3-6-11(9-10)12(14)7-8-13/h2-6,9,12,14H,7-8,13H2,1H3. The summed E-state index contributed by atoms with van der Waals surface area (Å²) >= 11 is 0. The lowest BCUT2D eigenvalue weighted by atomic mass is 10.0. The molecule has 76 valence electrons. The molecule has 0 saturated heterocycles. The highest BCUT2D eigenvalue weighted by Gasteiger charge is 2.05. The number of aliphatic hydroxyl groups is 1. The maximum atomic E-state index is 9.71. The Kier molecular flexibility index (Phi) is 4.36. The largest absolute Gasteiger partial charge is 0.388 e. The van der Waals surface area contributed by atoms with Crippen molar-refractivity contribution in [3.05, 3.63) is 41.5 Å². The molecule has 0 aromatic heterocycles. The van der Waals surface area contributed by atoms with Gasteiger partial charge in [0.1, 0.15) is 0 Å². The van der Waals surface area contributed by atoms with Crippen LogP contribution in [0, 0.1) is 0 Å². The van der Waals surface area contributed by atoms with Crippen molar-refractivity contribution in [3.63, 3.8) is 0 Å². The SMILES string of the molecule is CC=Cc1cccc(C(O)CCN)c1. The Labute approximate surface area is 85.1 Å². The Balaban J connectivity index is 2.82. The van der Waals surface area contributed by atoms with Crippen molar-refractivity contribution >= 4 is 6.08 Å². The van der Waals surface area contributed by atoms with Crippen LogP contribution in [0.1, 0.15) is 30.6 Å². The van der Waals surface area contributed by atoms with Gasteiger partial charge in [0.15, 0.2) is 0 Å². The molecule has 0 aliphatic rings. The molecule has 2 nitrogen and oxygen atoms in total. The third-order valence-corrected chi connectivity index (χ3v) is 2.09. The second-order valence-corrected chi connectivity index (χ2v) is 3.26. The van der Waals surface area contributed by atoms with Crippen LogP contribution in [0.3, 0.4) is 0 Å². The van der Waals surface area contributed by atoms with Crippen molar-refractivity contribution in [1.82, 2.24) is 0 Å². The van der Waals surface area contributed by atoms with Gasteiger partial charge in [0.25, 0.3) is 0 Å². The summed E-state index contributed by atoms with van der Waals surface area (Å²) in [6, 6.07) is 7.87. The fourth-order valence-corrected chi connectivity index (χ4v) is 1.39. The zero-order valence-corrected chi connectivity index (χ0v) is 8.48. The Bertz CT molecular complexity index is 307. The Morgan fingerprint density at radius 3 is 2.93 bits per heavy atom. The fraction of sp³-hybridized carbons (Fsp3) is 0.333. The number of nitrogens with two attached hydrogens (primary N) is 1. The van der Waals surface area contributed by atoms with Gasteiger partial charge in [-0.15, -0.1) is 0 Å². The molecule has 0 bridgehead atoms. The summed E-state index contributed by atoms with van der Waals surface area (Å²) in [7, 11) is 0. The molecule has 1 aromatic rings. The number of hydrogen-bond donors (Lipinski definition) is 2. The normalized spacial score (nSPS) is 13.4. The lowest BCUT2D eigenvalue weighted by molar-refractivity contribution is 0.170. The summed E-state index contributed by atoms with van der Waals surface area (Å²) in [6.45, 7) is 2.48. The van der Waals surface area contributed by atoms with Gasteiger partial charge in [-0.25, -0.2) is 0 Å². The van der Waals surface area contributed by atoms with E-state index in [0.29, 0.717) is 13.0 Å². The predicted molar refractivity (Wildman–Crippen MR) is 59.8 cm³/mol. The maximum Gasteiger partial charge on any atom is 0.0802 e. The van der Waals surface area contributed by atoms with Crippen molar-refractivity contribution in [2.75, 3.05) is 6.54 Å². The van der Waals surface area contributed by atoms with Gasteiger partial charge in [-0.3, -0.25) is 0 Å². The van der Waals surface area contributed by atoms with E-state index >= 15 is 0 Å². The molecule has 2 heteroatoms. The highest BCUT2D eigenvalue weighted by atomic mass is 16.3. The minimum absolute atomic E-state index is 0.440.